The number of methoxy groups -OCH3 is 1. The van der Waals surface area contributed by atoms with Gasteiger partial charge in [-0.2, -0.15) is 5.10 Å². The number of nitrogens with one attached hydrogen (secondary N) is 1. The number of nitrogens with two attached hydrogens (primary N) is 1. The normalized spacial score (nSPS) is 13.8. The molecule has 0 unspecified atom stereocenters. The van der Waals surface area contributed by atoms with E-state index in [0.717, 1.165) is 39.0 Å². The van der Waals surface area contributed by atoms with E-state index in [2.05, 4.69) is 15.4 Å². The summed E-state index contributed by atoms with van der Waals surface area (Å²) < 4.78 is 18.5. The number of rotatable bonds is 5. The number of benzene rings is 2. The molecule has 0 spiro atoms. The van der Waals surface area contributed by atoms with E-state index >= 15 is 0 Å². The van der Waals surface area contributed by atoms with Crippen LogP contribution in [0.4, 0.5) is 4.39 Å². The number of amides is 1. The summed E-state index contributed by atoms with van der Waals surface area (Å²) in [5.41, 5.74) is 9.57. The number of halogens is 1. The third-order valence-corrected chi connectivity index (χ3v) is 6.77. The van der Waals surface area contributed by atoms with Crippen molar-refractivity contribution in [3.63, 3.8) is 0 Å². The molecular weight excluding hydrogens is 521 g/mol. The first-order chi connectivity index (χ1) is 19.0. The van der Waals surface area contributed by atoms with Crippen molar-refractivity contribution in [2.75, 3.05) is 7.11 Å². The molecule has 0 fully saturated rings. The average Bonchev–Trinajstić information content (AvgIpc) is 3.53. The second-order valence-electron chi connectivity index (χ2n) is 9.25. The number of hydrogen-bond acceptors (Lipinski definition) is 8. The summed E-state index contributed by atoms with van der Waals surface area (Å²) in [5, 5.41) is 25.9. The maximum absolute atomic E-state index is 13.0. The molecular formula is C28H28FN5O6. The third-order valence-electron chi connectivity index (χ3n) is 6.77. The van der Waals surface area contributed by atoms with Crippen LogP contribution < -0.4 is 11.1 Å². The summed E-state index contributed by atoms with van der Waals surface area (Å²) in [6.45, 7) is 4.04. The van der Waals surface area contributed by atoms with Crippen molar-refractivity contribution in [2.24, 2.45) is 5.73 Å². The van der Waals surface area contributed by atoms with Crippen LogP contribution in [0.3, 0.4) is 0 Å². The Kier molecular flexibility index (Phi) is 8.10. The molecule has 208 valence electrons. The zero-order chi connectivity index (χ0) is 29.1. The molecule has 40 heavy (non-hydrogen) atoms. The van der Waals surface area contributed by atoms with Gasteiger partial charge in [0.1, 0.15) is 11.5 Å². The van der Waals surface area contributed by atoms with Gasteiger partial charge in [0, 0.05) is 12.6 Å². The zero-order valence-electron chi connectivity index (χ0n) is 22.1. The summed E-state index contributed by atoms with van der Waals surface area (Å²) in [5.74, 6) is -2.80. The molecule has 0 saturated carbocycles. The van der Waals surface area contributed by atoms with Crippen LogP contribution in [0.1, 0.15) is 71.6 Å². The van der Waals surface area contributed by atoms with Gasteiger partial charge in [0.05, 0.1) is 24.9 Å². The summed E-state index contributed by atoms with van der Waals surface area (Å²) in [6, 6.07) is 9.15. The summed E-state index contributed by atoms with van der Waals surface area (Å²) in [7, 11) is 1.33. The Morgan fingerprint density at radius 1 is 1.20 bits per heavy atom. The molecule has 2 aromatic heterocycles. The van der Waals surface area contributed by atoms with Crippen molar-refractivity contribution in [3.05, 3.63) is 93.2 Å². The predicted molar refractivity (Wildman–Crippen MR) is 142 cm³/mol. The molecule has 1 amide bonds. The molecule has 0 saturated heterocycles. The number of fused-ring (bicyclic) bond motifs is 2. The van der Waals surface area contributed by atoms with Gasteiger partial charge in [0.15, 0.2) is 17.1 Å². The van der Waals surface area contributed by atoms with Gasteiger partial charge < -0.3 is 26.0 Å². The fourth-order valence-corrected chi connectivity index (χ4v) is 4.65. The molecule has 0 bridgehead atoms. The number of nitrogens with zero attached hydrogens (tertiary/aromatic N) is 3. The van der Waals surface area contributed by atoms with Gasteiger partial charge in [0.25, 0.3) is 5.91 Å². The molecule has 11 nitrogen and oxygen atoms in total. The van der Waals surface area contributed by atoms with E-state index in [9.17, 15) is 29.0 Å². The molecule has 1 atom stereocenters. The minimum atomic E-state index is -1.33. The van der Waals surface area contributed by atoms with E-state index in [1.807, 2.05) is 6.92 Å². The fourth-order valence-electron chi connectivity index (χ4n) is 4.65. The third kappa shape index (κ3) is 5.47. The lowest BCUT2D eigenvalue weighted by Crippen LogP contribution is -2.29. The average molecular weight is 550 g/mol. The Morgan fingerprint density at radius 2 is 1.95 bits per heavy atom. The maximum Gasteiger partial charge on any atom is 0.354 e. The summed E-state index contributed by atoms with van der Waals surface area (Å²) in [6.07, 6.45) is 2.38. The number of carboxylic acid groups (broad SMARTS) is 1. The summed E-state index contributed by atoms with van der Waals surface area (Å²) >= 11 is 0. The van der Waals surface area contributed by atoms with Gasteiger partial charge in [-0.25, -0.2) is 23.5 Å². The van der Waals surface area contributed by atoms with Gasteiger partial charge in [-0.3, -0.25) is 4.79 Å². The first kappa shape index (κ1) is 28.2. The molecule has 2 heterocycles. The maximum atomic E-state index is 13.0. The Hall–Kier alpha value is -4.84. The number of aryl methyl sites for hydroxylation is 1. The Bertz CT molecular complexity index is 1630. The van der Waals surface area contributed by atoms with Crippen molar-refractivity contribution in [2.45, 2.75) is 39.3 Å². The van der Waals surface area contributed by atoms with Crippen molar-refractivity contribution in [3.8, 4) is 5.75 Å². The van der Waals surface area contributed by atoms with Crippen molar-refractivity contribution in [1.82, 2.24) is 19.9 Å². The lowest BCUT2D eigenvalue weighted by Gasteiger charge is -2.16. The van der Waals surface area contributed by atoms with Gasteiger partial charge in [-0.15, -0.1) is 0 Å². The zero-order valence-corrected chi connectivity index (χ0v) is 22.1. The Morgan fingerprint density at radius 3 is 2.60 bits per heavy atom. The number of carboxylic acids is 1. The van der Waals surface area contributed by atoms with Crippen LogP contribution in [-0.2, 0) is 17.7 Å². The Labute approximate surface area is 228 Å². The van der Waals surface area contributed by atoms with Crippen LogP contribution in [-0.4, -0.2) is 49.8 Å². The molecule has 1 aliphatic rings. The smallest absolute Gasteiger partial charge is 0.354 e. The van der Waals surface area contributed by atoms with E-state index in [1.165, 1.54) is 13.2 Å². The highest BCUT2D eigenvalue weighted by atomic mass is 19.1. The SMILES string of the molecule is COC(=O)c1ccc2c(c1C)CC[C@@H]2NC(=O)c1cc(C(=O)O)nc2c(O)cnn12.Cc1cc(CN)ccc1F. The van der Waals surface area contributed by atoms with Gasteiger partial charge in [0.2, 0.25) is 0 Å². The lowest BCUT2D eigenvalue weighted by molar-refractivity contribution is 0.0598. The number of carbonyl (C=O) groups is 3. The molecule has 2 aromatic carbocycles. The van der Waals surface area contributed by atoms with E-state index < -0.39 is 17.8 Å². The number of carbonyl (C=O) groups excluding carboxylic acids is 2. The molecule has 4 aromatic rings. The second kappa shape index (κ2) is 11.5. The van der Waals surface area contributed by atoms with Crippen molar-refractivity contribution >= 4 is 23.5 Å². The first-order valence-electron chi connectivity index (χ1n) is 12.3. The molecule has 0 aliphatic heterocycles. The topological polar surface area (TPSA) is 169 Å². The lowest BCUT2D eigenvalue weighted by atomic mass is 9.98. The second-order valence-corrected chi connectivity index (χ2v) is 9.25. The fraction of sp³-hybridized carbons (Fsp3) is 0.250. The largest absolute Gasteiger partial charge is 0.503 e. The minimum Gasteiger partial charge on any atom is -0.503 e. The number of ether oxygens (including phenoxy) is 1. The number of hydrogen-bond donors (Lipinski definition) is 4. The molecule has 5 rings (SSSR count). The Balaban J connectivity index is 0.000000312. The van der Waals surface area contributed by atoms with E-state index in [4.69, 9.17) is 10.5 Å². The van der Waals surface area contributed by atoms with Crippen molar-refractivity contribution < 1.29 is 33.7 Å². The van der Waals surface area contributed by atoms with Crippen LogP contribution in [0.25, 0.3) is 5.65 Å². The number of esters is 1. The van der Waals surface area contributed by atoms with Gasteiger partial charge in [-0.1, -0.05) is 18.2 Å². The standard InChI is InChI=1S/C20H18N4O6.C8H10FN/c1-9-10-5-6-13(12(10)4-3-11(9)20(29)30-2)23-18(26)15-7-14(19(27)28)22-17-16(25)8-21-24(15)17;1-6-4-7(5-10)2-3-8(6)9/h3-4,7-8,13,25H,5-6H2,1-2H3,(H,23,26)(H,27,28);2-4H,5,10H2,1H3/t13-;/m0./s1. The molecule has 0 radical (unpaired) electrons. The van der Waals surface area contributed by atoms with Crippen LogP contribution in [0.15, 0.2) is 42.6 Å². The first-order valence-corrected chi connectivity index (χ1v) is 12.3. The van der Waals surface area contributed by atoms with E-state index in [0.29, 0.717) is 30.5 Å². The highest BCUT2D eigenvalue weighted by Crippen LogP contribution is 2.35. The van der Waals surface area contributed by atoms with Gasteiger partial charge in [-0.05, 0) is 66.6 Å². The minimum absolute atomic E-state index is 0.0611. The quantitative estimate of drug-likeness (QED) is 0.273. The van der Waals surface area contributed by atoms with Crippen LogP contribution >= 0.6 is 0 Å². The number of aromatic nitrogens is 3. The number of aromatic hydroxyl groups is 1. The molecule has 1 aliphatic carbocycles. The highest BCUT2D eigenvalue weighted by Gasteiger charge is 2.29. The van der Waals surface area contributed by atoms with Crippen LogP contribution in [0.5, 0.6) is 5.75 Å². The molecule has 12 heteroatoms. The van der Waals surface area contributed by atoms with E-state index in [1.54, 1.807) is 31.2 Å². The van der Waals surface area contributed by atoms with E-state index in [-0.39, 0.29) is 34.6 Å². The van der Waals surface area contributed by atoms with Crippen LogP contribution in [0.2, 0.25) is 0 Å². The number of aromatic carboxylic acids is 1. The summed E-state index contributed by atoms with van der Waals surface area (Å²) in [4.78, 5) is 40.1. The monoisotopic (exact) mass is 549 g/mol. The highest BCUT2D eigenvalue weighted by molar-refractivity contribution is 5.97. The molecule has 5 N–H and O–H groups in total. The van der Waals surface area contributed by atoms with Gasteiger partial charge >= 0.3 is 11.9 Å². The van der Waals surface area contributed by atoms with Crippen LogP contribution in [0, 0.1) is 19.7 Å². The predicted octanol–water partition coefficient (Wildman–Crippen LogP) is 3.24. The van der Waals surface area contributed by atoms with Crippen molar-refractivity contribution in [1.29, 1.82) is 0 Å².